The minimum atomic E-state index is -1.30. The second kappa shape index (κ2) is 16.3. The molecule has 0 aliphatic carbocycles. The average Bonchev–Trinajstić information content (AvgIpc) is 2.84. The SMILES string of the molecule is CC(C)CC(N)C(=O)NC(CCCN=C(N)N)C(=O)NC(CS)C(=O)NC(Cc1ccc(O)cc1)C(=O)O. The summed E-state index contributed by atoms with van der Waals surface area (Å²) < 4.78 is 0. The molecule has 4 atom stereocenters. The lowest BCUT2D eigenvalue weighted by Crippen LogP contribution is -2.58. The topological polar surface area (TPSA) is 235 Å². The Morgan fingerprint density at radius 1 is 0.947 bits per heavy atom. The molecule has 0 heterocycles. The Morgan fingerprint density at radius 2 is 1.50 bits per heavy atom. The molecule has 212 valence electrons. The first-order valence-electron chi connectivity index (χ1n) is 12.2. The van der Waals surface area contributed by atoms with Crippen LogP contribution in [0.25, 0.3) is 0 Å². The van der Waals surface area contributed by atoms with Gasteiger partial charge in [-0.25, -0.2) is 4.79 Å². The first-order chi connectivity index (χ1) is 17.8. The number of hydrogen-bond acceptors (Lipinski definition) is 8. The Hall–Kier alpha value is -3.52. The van der Waals surface area contributed by atoms with Crippen molar-refractivity contribution in [2.75, 3.05) is 12.3 Å². The van der Waals surface area contributed by atoms with Crippen LogP contribution in [-0.4, -0.2) is 76.3 Å². The summed E-state index contributed by atoms with van der Waals surface area (Å²) in [5.74, 6) is -3.29. The van der Waals surface area contributed by atoms with Gasteiger partial charge in [0.05, 0.1) is 6.04 Å². The number of phenols is 1. The maximum absolute atomic E-state index is 13.1. The highest BCUT2D eigenvalue weighted by Crippen LogP contribution is 2.12. The number of nitrogens with one attached hydrogen (secondary N) is 3. The van der Waals surface area contributed by atoms with E-state index in [0.29, 0.717) is 18.4 Å². The highest BCUT2D eigenvalue weighted by atomic mass is 32.1. The Kier molecular flexibility index (Phi) is 14.0. The number of aliphatic carboxylic acids is 1. The summed E-state index contributed by atoms with van der Waals surface area (Å²) in [6.07, 6.45) is 0.864. The Bertz CT molecular complexity index is 970. The molecule has 3 amide bonds. The first-order valence-corrected chi connectivity index (χ1v) is 12.8. The van der Waals surface area contributed by atoms with Crippen LogP contribution < -0.4 is 33.2 Å². The summed E-state index contributed by atoms with van der Waals surface area (Å²) in [5, 5.41) is 26.5. The van der Waals surface area contributed by atoms with Crippen molar-refractivity contribution in [1.29, 1.82) is 0 Å². The number of thiol groups is 1. The zero-order valence-electron chi connectivity index (χ0n) is 21.6. The molecule has 0 saturated carbocycles. The molecule has 0 aliphatic rings. The summed E-state index contributed by atoms with van der Waals surface area (Å²) in [4.78, 5) is 54.1. The van der Waals surface area contributed by atoms with E-state index >= 15 is 0 Å². The lowest BCUT2D eigenvalue weighted by molar-refractivity contribution is -0.142. The summed E-state index contributed by atoms with van der Waals surface area (Å²) in [5.41, 5.74) is 17.2. The molecule has 4 unspecified atom stereocenters. The minimum Gasteiger partial charge on any atom is -0.508 e. The van der Waals surface area contributed by atoms with Gasteiger partial charge in [0.2, 0.25) is 17.7 Å². The standard InChI is InChI=1S/C24H39N7O6S/c1-13(2)10-16(25)20(33)29-17(4-3-9-28-24(26)27)21(34)31-19(12-38)22(35)30-18(23(36)37)11-14-5-7-15(32)8-6-14/h5-8,13,16-19,32,38H,3-4,9-12,25H2,1-2H3,(H,29,33)(H,30,35)(H,31,34)(H,36,37)(H4,26,27,28). The number of aromatic hydroxyl groups is 1. The highest BCUT2D eigenvalue weighted by Gasteiger charge is 2.30. The Labute approximate surface area is 227 Å². The molecule has 0 fully saturated rings. The number of nitrogens with two attached hydrogens (primary N) is 3. The summed E-state index contributed by atoms with van der Waals surface area (Å²) >= 11 is 4.13. The zero-order chi connectivity index (χ0) is 28.8. The smallest absolute Gasteiger partial charge is 0.326 e. The average molecular weight is 554 g/mol. The van der Waals surface area contributed by atoms with E-state index in [9.17, 15) is 29.4 Å². The van der Waals surface area contributed by atoms with Crippen LogP contribution in [-0.2, 0) is 25.6 Å². The fraction of sp³-hybridized carbons (Fsp3) is 0.542. The second-order valence-electron chi connectivity index (χ2n) is 9.26. The van der Waals surface area contributed by atoms with Gasteiger partial charge in [0.25, 0.3) is 0 Å². The lowest BCUT2D eigenvalue weighted by atomic mass is 10.0. The molecule has 13 nitrogen and oxygen atoms in total. The number of phenolic OH excluding ortho intramolecular Hbond substituents is 1. The van der Waals surface area contributed by atoms with Gasteiger partial charge in [0.1, 0.15) is 23.9 Å². The summed E-state index contributed by atoms with van der Waals surface area (Å²) in [6, 6.07) is 1.53. The van der Waals surface area contributed by atoms with Crippen LogP contribution in [0.3, 0.4) is 0 Å². The lowest BCUT2D eigenvalue weighted by Gasteiger charge is -2.25. The van der Waals surface area contributed by atoms with E-state index < -0.39 is 47.9 Å². The van der Waals surface area contributed by atoms with Crippen LogP contribution in [0.5, 0.6) is 5.75 Å². The predicted molar refractivity (Wildman–Crippen MR) is 146 cm³/mol. The number of carboxylic acid groups (broad SMARTS) is 1. The number of carboxylic acids is 1. The van der Waals surface area contributed by atoms with E-state index in [0.717, 1.165) is 0 Å². The number of amides is 3. The van der Waals surface area contributed by atoms with E-state index in [1.807, 2.05) is 13.8 Å². The van der Waals surface area contributed by atoms with E-state index in [2.05, 4.69) is 33.6 Å². The van der Waals surface area contributed by atoms with Crippen LogP contribution in [0.4, 0.5) is 0 Å². The molecule has 0 saturated heterocycles. The van der Waals surface area contributed by atoms with Crippen molar-refractivity contribution in [3.8, 4) is 5.75 Å². The van der Waals surface area contributed by atoms with Crippen molar-refractivity contribution in [3.05, 3.63) is 29.8 Å². The van der Waals surface area contributed by atoms with Crippen LogP contribution in [0.2, 0.25) is 0 Å². The largest absolute Gasteiger partial charge is 0.508 e. The van der Waals surface area contributed by atoms with Crippen LogP contribution >= 0.6 is 12.6 Å². The van der Waals surface area contributed by atoms with Gasteiger partial charge in [-0.3, -0.25) is 19.4 Å². The van der Waals surface area contributed by atoms with Gasteiger partial charge in [0.15, 0.2) is 5.96 Å². The summed E-state index contributed by atoms with van der Waals surface area (Å²) in [6.45, 7) is 4.04. The molecule has 0 spiro atoms. The number of hydrogen-bond donors (Lipinski definition) is 9. The molecule has 0 aromatic heterocycles. The quantitative estimate of drug-likeness (QED) is 0.0518. The van der Waals surface area contributed by atoms with E-state index in [1.165, 1.54) is 24.3 Å². The third-order valence-electron chi connectivity index (χ3n) is 5.45. The molecule has 0 bridgehead atoms. The Morgan fingerprint density at radius 3 is 2.03 bits per heavy atom. The van der Waals surface area contributed by atoms with Crippen molar-refractivity contribution in [2.45, 2.75) is 63.7 Å². The fourth-order valence-electron chi connectivity index (χ4n) is 3.47. The van der Waals surface area contributed by atoms with Crippen LogP contribution in [0.1, 0.15) is 38.7 Å². The number of guanidine groups is 1. The number of carbonyl (C=O) groups is 4. The van der Waals surface area contributed by atoms with E-state index in [4.69, 9.17) is 17.2 Å². The predicted octanol–water partition coefficient (Wildman–Crippen LogP) is -1.17. The minimum absolute atomic E-state index is 0.0209. The maximum Gasteiger partial charge on any atom is 0.326 e. The number of nitrogens with zero attached hydrogens (tertiary/aromatic N) is 1. The molecular weight excluding hydrogens is 514 g/mol. The van der Waals surface area contributed by atoms with Gasteiger partial charge >= 0.3 is 5.97 Å². The van der Waals surface area contributed by atoms with Gasteiger partial charge in [0, 0.05) is 18.7 Å². The number of aliphatic imine (C=N–C) groups is 1. The fourth-order valence-corrected chi connectivity index (χ4v) is 3.73. The molecule has 14 heteroatoms. The molecule has 0 radical (unpaired) electrons. The van der Waals surface area contributed by atoms with Crippen molar-refractivity contribution in [3.63, 3.8) is 0 Å². The number of carbonyl (C=O) groups excluding carboxylic acids is 3. The zero-order valence-corrected chi connectivity index (χ0v) is 22.5. The van der Waals surface area contributed by atoms with Gasteiger partial charge in [-0.15, -0.1) is 0 Å². The number of benzene rings is 1. The second-order valence-corrected chi connectivity index (χ2v) is 9.62. The molecule has 1 aromatic rings. The van der Waals surface area contributed by atoms with Gasteiger partial charge in [-0.2, -0.15) is 12.6 Å². The van der Waals surface area contributed by atoms with Gasteiger partial charge in [-0.1, -0.05) is 26.0 Å². The Balaban J connectivity index is 2.92. The van der Waals surface area contributed by atoms with Crippen molar-refractivity contribution < 1.29 is 29.4 Å². The normalized spacial score (nSPS) is 14.0. The first kappa shape index (κ1) is 32.5. The maximum atomic E-state index is 13.1. The summed E-state index contributed by atoms with van der Waals surface area (Å²) in [7, 11) is 0. The molecule has 11 N–H and O–H groups in total. The molecular formula is C24H39N7O6S. The van der Waals surface area contributed by atoms with Gasteiger partial charge < -0.3 is 43.4 Å². The van der Waals surface area contributed by atoms with Crippen molar-refractivity contribution in [1.82, 2.24) is 16.0 Å². The molecule has 0 aliphatic heterocycles. The molecule has 1 rings (SSSR count). The third-order valence-corrected chi connectivity index (χ3v) is 5.81. The van der Waals surface area contributed by atoms with E-state index in [1.54, 1.807) is 0 Å². The highest BCUT2D eigenvalue weighted by molar-refractivity contribution is 7.80. The monoisotopic (exact) mass is 553 g/mol. The molecule has 1 aromatic carbocycles. The third kappa shape index (κ3) is 12.1. The molecule has 38 heavy (non-hydrogen) atoms. The van der Waals surface area contributed by atoms with Crippen molar-refractivity contribution in [2.24, 2.45) is 28.1 Å². The van der Waals surface area contributed by atoms with Crippen LogP contribution in [0, 0.1) is 5.92 Å². The van der Waals surface area contributed by atoms with Crippen LogP contribution in [0.15, 0.2) is 29.3 Å². The number of rotatable bonds is 16. The van der Waals surface area contributed by atoms with Gasteiger partial charge in [-0.05, 0) is 42.9 Å². The van der Waals surface area contributed by atoms with Crippen molar-refractivity contribution >= 4 is 42.3 Å². The van der Waals surface area contributed by atoms with E-state index in [-0.39, 0.29) is 42.8 Å².